The molecule has 1 amide bonds. The predicted molar refractivity (Wildman–Crippen MR) is 99.0 cm³/mol. The van der Waals surface area contributed by atoms with Crippen LogP contribution in [0, 0.1) is 6.92 Å². The van der Waals surface area contributed by atoms with Gasteiger partial charge in [0, 0.05) is 19.0 Å². The number of ether oxygens (including phenoxy) is 1. The number of para-hydroxylation sites is 1. The van der Waals surface area contributed by atoms with Crippen LogP contribution in [-0.2, 0) is 19.4 Å². The van der Waals surface area contributed by atoms with Crippen LogP contribution in [0.3, 0.4) is 0 Å². The molecule has 2 aromatic carbocycles. The summed E-state index contributed by atoms with van der Waals surface area (Å²) in [6.45, 7) is 3.15. The number of aryl methyl sites for hydroxylation is 1. The van der Waals surface area contributed by atoms with Crippen LogP contribution in [-0.4, -0.2) is 39.7 Å². The Morgan fingerprint density at radius 3 is 2.27 bits per heavy atom. The van der Waals surface area contributed by atoms with Gasteiger partial charge in [-0.15, -0.1) is 0 Å². The van der Waals surface area contributed by atoms with E-state index in [-0.39, 0.29) is 16.4 Å². The zero-order valence-electron chi connectivity index (χ0n) is 15.1. The molecule has 26 heavy (non-hydrogen) atoms. The summed E-state index contributed by atoms with van der Waals surface area (Å²) >= 11 is 0. The summed E-state index contributed by atoms with van der Waals surface area (Å²) in [6, 6.07) is 13.2. The molecular formula is C19H21NO5S. The lowest BCUT2D eigenvalue weighted by Gasteiger charge is -2.21. The molecule has 0 saturated carbocycles. The lowest BCUT2D eigenvalue weighted by atomic mass is 10.1. The first-order chi connectivity index (χ1) is 12.1. The lowest BCUT2D eigenvalue weighted by Crippen LogP contribution is -2.37. The van der Waals surface area contributed by atoms with Crippen LogP contribution in [0.1, 0.15) is 22.8 Å². The van der Waals surface area contributed by atoms with E-state index in [1.165, 1.54) is 30.0 Å². The SMILES string of the molecule is Cc1ccc(S(C)(=O)=O)cc1C(=O)O[C@@H](C)C(=O)N(C)c1ccccc1. The van der Waals surface area contributed by atoms with E-state index in [0.717, 1.165) is 6.26 Å². The minimum Gasteiger partial charge on any atom is -0.449 e. The van der Waals surface area contributed by atoms with Crippen molar-refractivity contribution in [1.29, 1.82) is 0 Å². The van der Waals surface area contributed by atoms with Crippen LogP contribution >= 0.6 is 0 Å². The number of nitrogens with zero attached hydrogens (tertiary/aromatic N) is 1. The van der Waals surface area contributed by atoms with Gasteiger partial charge in [0.05, 0.1) is 10.5 Å². The number of hydrogen-bond acceptors (Lipinski definition) is 5. The monoisotopic (exact) mass is 375 g/mol. The standard InChI is InChI=1S/C19H21NO5S/c1-13-10-11-16(26(4,23)24)12-17(13)19(22)25-14(2)18(21)20(3)15-8-6-5-7-9-15/h5-12,14H,1-4H3/t14-/m0/s1. The van der Waals surface area contributed by atoms with E-state index in [1.54, 1.807) is 38.2 Å². The Balaban J connectivity index is 2.18. The third-order valence-corrected chi connectivity index (χ3v) is 5.07. The molecule has 0 bridgehead atoms. The van der Waals surface area contributed by atoms with Gasteiger partial charge in [-0.2, -0.15) is 0 Å². The first kappa shape index (κ1) is 19.7. The van der Waals surface area contributed by atoms with Gasteiger partial charge in [-0.25, -0.2) is 13.2 Å². The van der Waals surface area contributed by atoms with Crippen molar-refractivity contribution in [1.82, 2.24) is 0 Å². The second kappa shape index (κ2) is 7.70. The quantitative estimate of drug-likeness (QED) is 0.751. The number of rotatable bonds is 5. The van der Waals surface area contributed by atoms with E-state index >= 15 is 0 Å². The Labute approximate surface area is 153 Å². The number of carbonyl (C=O) groups is 2. The van der Waals surface area contributed by atoms with Crippen molar-refractivity contribution in [3.05, 3.63) is 59.7 Å². The first-order valence-corrected chi connectivity index (χ1v) is 9.84. The molecule has 2 aromatic rings. The Kier molecular flexibility index (Phi) is 5.82. The summed E-state index contributed by atoms with van der Waals surface area (Å²) in [5, 5.41) is 0. The van der Waals surface area contributed by atoms with Crippen LogP contribution in [0.15, 0.2) is 53.4 Å². The van der Waals surface area contributed by atoms with Gasteiger partial charge in [0.1, 0.15) is 0 Å². The topological polar surface area (TPSA) is 80.7 Å². The van der Waals surface area contributed by atoms with E-state index < -0.39 is 21.9 Å². The Bertz CT molecular complexity index is 922. The third kappa shape index (κ3) is 4.49. The first-order valence-electron chi connectivity index (χ1n) is 7.95. The highest BCUT2D eigenvalue weighted by molar-refractivity contribution is 7.90. The van der Waals surface area contributed by atoms with Gasteiger partial charge < -0.3 is 9.64 Å². The molecule has 1 atom stereocenters. The third-order valence-electron chi connectivity index (χ3n) is 3.96. The molecule has 0 spiro atoms. The molecule has 0 N–H and O–H groups in total. The van der Waals surface area contributed by atoms with E-state index in [9.17, 15) is 18.0 Å². The van der Waals surface area contributed by atoms with Gasteiger partial charge in [-0.05, 0) is 43.7 Å². The fraction of sp³-hybridized carbons (Fsp3) is 0.263. The zero-order chi connectivity index (χ0) is 19.5. The summed E-state index contributed by atoms with van der Waals surface area (Å²) in [7, 11) is -1.86. The van der Waals surface area contributed by atoms with Crippen LogP contribution in [0.25, 0.3) is 0 Å². The smallest absolute Gasteiger partial charge is 0.339 e. The summed E-state index contributed by atoms with van der Waals surface area (Å²) in [5.41, 5.74) is 1.36. The average Bonchev–Trinajstić information content (AvgIpc) is 2.60. The van der Waals surface area contributed by atoms with Crippen molar-refractivity contribution < 1.29 is 22.7 Å². The Morgan fingerprint density at radius 2 is 1.69 bits per heavy atom. The van der Waals surface area contributed by atoms with Crippen molar-refractivity contribution in [3.63, 3.8) is 0 Å². The highest BCUT2D eigenvalue weighted by Gasteiger charge is 2.24. The van der Waals surface area contributed by atoms with Crippen molar-refractivity contribution in [2.24, 2.45) is 0 Å². The van der Waals surface area contributed by atoms with Crippen LogP contribution in [0.4, 0.5) is 5.69 Å². The van der Waals surface area contributed by atoms with Crippen molar-refractivity contribution in [2.75, 3.05) is 18.2 Å². The molecule has 0 aliphatic heterocycles. The van der Waals surface area contributed by atoms with Gasteiger partial charge in [-0.3, -0.25) is 4.79 Å². The van der Waals surface area contributed by atoms with E-state index in [4.69, 9.17) is 4.74 Å². The van der Waals surface area contributed by atoms with Gasteiger partial charge in [0.25, 0.3) is 5.91 Å². The molecule has 0 fully saturated rings. The Hall–Kier alpha value is -2.67. The van der Waals surface area contributed by atoms with E-state index in [0.29, 0.717) is 11.3 Å². The maximum Gasteiger partial charge on any atom is 0.339 e. The van der Waals surface area contributed by atoms with E-state index in [2.05, 4.69) is 0 Å². The number of hydrogen-bond donors (Lipinski definition) is 0. The van der Waals surface area contributed by atoms with Crippen molar-refractivity contribution >= 4 is 27.4 Å². The minimum atomic E-state index is -3.45. The van der Waals surface area contributed by atoms with Crippen molar-refractivity contribution in [3.8, 4) is 0 Å². The highest BCUT2D eigenvalue weighted by Crippen LogP contribution is 2.18. The molecule has 0 saturated heterocycles. The summed E-state index contributed by atoms with van der Waals surface area (Å²) in [6.07, 6.45) is 0.0438. The highest BCUT2D eigenvalue weighted by atomic mass is 32.2. The van der Waals surface area contributed by atoms with Gasteiger partial charge in [0.2, 0.25) is 0 Å². The average molecular weight is 375 g/mol. The molecule has 7 heteroatoms. The van der Waals surface area contributed by atoms with E-state index in [1.807, 2.05) is 6.07 Å². The predicted octanol–water partition coefficient (Wildman–Crippen LogP) is 2.61. The molecule has 0 aliphatic carbocycles. The minimum absolute atomic E-state index is 0.0235. The maximum atomic E-state index is 12.5. The van der Waals surface area contributed by atoms with Gasteiger partial charge in [0.15, 0.2) is 15.9 Å². The fourth-order valence-corrected chi connectivity index (χ4v) is 3.02. The van der Waals surface area contributed by atoms with Gasteiger partial charge in [-0.1, -0.05) is 24.3 Å². The second-order valence-electron chi connectivity index (χ2n) is 6.03. The lowest BCUT2D eigenvalue weighted by molar-refractivity contribution is -0.126. The van der Waals surface area contributed by atoms with Crippen molar-refractivity contribution in [2.45, 2.75) is 24.8 Å². The molecule has 0 aromatic heterocycles. The van der Waals surface area contributed by atoms with Crippen LogP contribution < -0.4 is 4.90 Å². The molecule has 0 aliphatic rings. The van der Waals surface area contributed by atoms with Crippen LogP contribution in [0.2, 0.25) is 0 Å². The molecule has 6 nitrogen and oxygen atoms in total. The fourth-order valence-electron chi connectivity index (χ4n) is 2.38. The summed E-state index contributed by atoms with van der Waals surface area (Å²) < 4.78 is 28.6. The second-order valence-corrected chi connectivity index (χ2v) is 8.04. The normalized spacial score (nSPS) is 12.3. The van der Waals surface area contributed by atoms with Crippen LogP contribution in [0.5, 0.6) is 0 Å². The summed E-state index contributed by atoms with van der Waals surface area (Å²) in [4.78, 5) is 26.3. The molecule has 0 heterocycles. The number of likely N-dealkylation sites (N-methyl/N-ethyl adjacent to an activating group) is 1. The number of benzene rings is 2. The summed E-state index contributed by atoms with van der Waals surface area (Å²) in [5.74, 6) is -1.13. The largest absolute Gasteiger partial charge is 0.449 e. The molecule has 138 valence electrons. The number of anilines is 1. The number of sulfone groups is 1. The number of carbonyl (C=O) groups excluding carboxylic acids is 2. The molecule has 0 radical (unpaired) electrons. The Morgan fingerprint density at radius 1 is 1.08 bits per heavy atom. The number of amides is 1. The number of esters is 1. The molecular weight excluding hydrogens is 354 g/mol. The molecule has 2 rings (SSSR count). The molecule has 0 unspecified atom stereocenters. The van der Waals surface area contributed by atoms with Gasteiger partial charge >= 0.3 is 5.97 Å². The maximum absolute atomic E-state index is 12.5. The zero-order valence-corrected chi connectivity index (χ0v) is 15.9.